The van der Waals surface area contributed by atoms with Crippen molar-refractivity contribution in [2.45, 2.75) is 6.54 Å². The van der Waals surface area contributed by atoms with Gasteiger partial charge in [-0.2, -0.15) is 0 Å². The molecule has 0 saturated carbocycles. The fourth-order valence-corrected chi connectivity index (χ4v) is 0.665. The molecular formula is C7H7ClN2. The highest BCUT2D eigenvalue weighted by Gasteiger charge is 1.94. The number of halogens is 1. The maximum atomic E-state index is 8.14. The average Bonchev–Trinajstić information content (AvgIpc) is 1.91. The van der Waals surface area contributed by atoms with Crippen LogP contribution in [-0.2, 0) is 6.54 Å². The lowest BCUT2D eigenvalue weighted by Crippen LogP contribution is -3.00. The summed E-state index contributed by atoms with van der Waals surface area (Å²) in [5, 5.41) is 8.14. The molecule has 3 heteroatoms. The van der Waals surface area contributed by atoms with Crippen LogP contribution in [0.3, 0.4) is 0 Å². The maximum Gasteiger partial charge on any atom is 0.330 e. The van der Waals surface area contributed by atoms with Gasteiger partial charge in [0, 0.05) is 5.56 Å². The molecule has 1 rings (SSSR count). The smallest absolute Gasteiger partial charge is 0.330 e. The van der Waals surface area contributed by atoms with Crippen LogP contribution in [0.25, 0.3) is 4.98 Å². The van der Waals surface area contributed by atoms with Gasteiger partial charge in [0.15, 0.2) is 0 Å². The molecular weight excluding hydrogens is 148 g/mol. The highest BCUT2D eigenvalue weighted by Crippen LogP contribution is 1.98. The van der Waals surface area contributed by atoms with E-state index < -0.39 is 0 Å². The van der Waals surface area contributed by atoms with Gasteiger partial charge in [-0.25, -0.2) is 0 Å². The van der Waals surface area contributed by atoms with Crippen molar-refractivity contribution in [1.29, 1.82) is 5.39 Å². The molecule has 10 heavy (non-hydrogen) atoms. The molecule has 0 unspecified atom stereocenters. The standard InChI is InChI=1S/C7H7N2.ClH/c8-9-6-7-4-2-1-3-5-7;/h1-5H,6H2;1H/q+1;/p-1. The monoisotopic (exact) mass is 154 g/mol. The molecule has 0 amide bonds. The normalized spacial score (nSPS) is 7.50. The third-order valence-electron chi connectivity index (χ3n) is 1.10. The van der Waals surface area contributed by atoms with Crippen LogP contribution in [-0.4, -0.2) is 0 Å². The lowest BCUT2D eigenvalue weighted by molar-refractivity contribution is -0.00000211. The summed E-state index contributed by atoms with van der Waals surface area (Å²) in [6.45, 7) is 0.390. The van der Waals surface area contributed by atoms with Crippen molar-refractivity contribution in [2.24, 2.45) is 0 Å². The van der Waals surface area contributed by atoms with Crippen LogP contribution in [0.4, 0.5) is 0 Å². The number of diazo groups is 1. The number of hydrogen-bond donors (Lipinski definition) is 0. The largest absolute Gasteiger partial charge is 1.00 e. The molecule has 2 nitrogen and oxygen atoms in total. The predicted molar refractivity (Wildman–Crippen MR) is 35.2 cm³/mol. The Morgan fingerprint density at radius 1 is 1.20 bits per heavy atom. The third kappa shape index (κ3) is 2.47. The molecule has 0 atom stereocenters. The van der Waals surface area contributed by atoms with E-state index in [9.17, 15) is 0 Å². The van der Waals surface area contributed by atoms with E-state index in [1.807, 2.05) is 30.3 Å². The van der Waals surface area contributed by atoms with Gasteiger partial charge < -0.3 is 12.4 Å². The molecule has 0 heterocycles. The summed E-state index contributed by atoms with van der Waals surface area (Å²) in [5.74, 6) is 0. The molecule has 0 aromatic heterocycles. The van der Waals surface area contributed by atoms with Crippen molar-refractivity contribution in [3.05, 3.63) is 40.9 Å². The predicted octanol–water partition coefficient (Wildman–Crippen LogP) is -0.956. The quantitative estimate of drug-likeness (QED) is 0.479. The van der Waals surface area contributed by atoms with Crippen molar-refractivity contribution in [3.63, 3.8) is 0 Å². The van der Waals surface area contributed by atoms with Crippen molar-refractivity contribution >= 4 is 0 Å². The molecule has 0 aliphatic rings. The Labute approximate surface area is 65.9 Å². The zero-order valence-electron chi connectivity index (χ0n) is 5.37. The molecule has 0 aliphatic heterocycles. The molecule has 0 bridgehead atoms. The van der Waals surface area contributed by atoms with Gasteiger partial charge in [-0.15, -0.1) is 0 Å². The van der Waals surface area contributed by atoms with Crippen LogP contribution in [0, 0.1) is 5.39 Å². The Morgan fingerprint density at radius 2 is 1.80 bits per heavy atom. The molecule has 0 N–H and O–H groups in total. The number of nitrogens with zero attached hydrogens (tertiary/aromatic N) is 2. The first-order chi connectivity index (χ1) is 4.43. The third-order valence-corrected chi connectivity index (χ3v) is 1.10. The van der Waals surface area contributed by atoms with Gasteiger partial charge in [0.25, 0.3) is 0 Å². The molecule has 1 aromatic rings. The van der Waals surface area contributed by atoms with E-state index in [4.69, 9.17) is 5.39 Å². The van der Waals surface area contributed by atoms with Gasteiger partial charge in [-0.3, -0.25) is 0 Å². The molecule has 1 aromatic carbocycles. The van der Waals surface area contributed by atoms with Crippen LogP contribution >= 0.6 is 0 Å². The van der Waals surface area contributed by atoms with E-state index in [2.05, 4.69) is 4.98 Å². The van der Waals surface area contributed by atoms with Gasteiger partial charge in [-0.05, 0) is 0 Å². The fourth-order valence-electron chi connectivity index (χ4n) is 0.665. The van der Waals surface area contributed by atoms with Crippen LogP contribution < -0.4 is 12.4 Å². The van der Waals surface area contributed by atoms with E-state index in [0.29, 0.717) is 6.54 Å². The summed E-state index contributed by atoms with van der Waals surface area (Å²) in [5.41, 5.74) is 1.03. The van der Waals surface area contributed by atoms with Crippen LogP contribution in [0.15, 0.2) is 30.3 Å². The van der Waals surface area contributed by atoms with Crippen molar-refractivity contribution in [3.8, 4) is 0 Å². The second-order valence-corrected chi connectivity index (χ2v) is 1.79. The second-order valence-electron chi connectivity index (χ2n) is 1.79. The van der Waals surface area contributed by atoms with E-state index >= 15 is 0 Å². The molecule has 0 aliphatic carbocycles. The highest BCUT2D eigenvalue weighted by molar-refractivity contribution is 5.15. The van der Waals surface area contributed by atoms with Gasteiger partial charge in [0.2, 0.25) is 5.39 Å². The van der Waals surface area contributed by atoms with Crippen LogP contribution in [0.2, 0.25) is 0 Å². The summed E-state index contributed by atoms with van der Waals surface area (Å²) in [6.07, 6.45) is 0. The first-order valence-electron chi connectivity index (χ1n) is 2.78. The van der Waals surface area contributed by atoms with E-state index in [0.717, 1.165) is 5.56 Å². The molecule has 0 radical (unpaired) electrons. The molecule has 52 valence electrons. The molecule has 0 spiro atoms. The lowest BCUT2D eigenvalue weighted by atomic mass is 10.2. The van der Waals surface area contributed by atoms with Crippen LogP contribution in [0.1, 0.15) is 5.56 Å². The van der Waals surface area contributed by atoms with E-state index in [1.165, 1.54) is 0 Å². The lowest BCUT2D eigenvalue weighted by Gasteiger charge is -1.81. The van der Waals surface area contributed by atoms with Crippen molar-refractivity contribution in [2.75, 3.05) is 0 Å². The zero-order chi connectivity index (χ0) is 6.53. The number of hydrogen-bond acceptors (Lipinski definition) is 1. The van der Waals surface area contributed by atoms with Gasteiger partial charge >= 0.3 is 6.54 Å². The van der Waals surface area contributed by atoms with Gasteiger partial charge in [0.1, 0.15) is 4.98 Å². The minimum Gasteiger partial charge on any atom is -1.00 e. The first-order valence-corrected chi connectivity index (χ1v) is 2.78. The summed E-state index contributed by atoms with van der Waals surface area (Å²) in [6, 6.07) is 9.60. The van der Waals surface area contributed by atoms with Crippen LogP contribution in [0.5, 0.6) is 0 Å². The molecule has 0 fully saturated rings. The summed E-state index contributed by atoms with van der Waals surface area (Å²) in [4.78, 5) is 3.01. The number of benzene rings is 1. The molecule has 0 saturated heterocycles. The minimum absolute atomic E-state index is 0. The van der Waals surface area contributed by atoms with E-state index in [1.54, 1.807) is 0 Å². The Balaban J connectivity index is 0.000000810. The number of rotatable bonds is 1. The van der Waals surface area contributed by atoms with Gasteiger partial charge in [0.05, 0.1) is 0 Å². The Kier molecular flexibility index (Phi) is 4.26. The van der Waals surface area contributed by atoms with E-state index in [-0.39, 0.29) is 12.4 Å². The Bertz CT molecular complexity index is 215. The van der Waals surface area contributed by atoms with Crippen molar-refractivity contribution < 1.29 is 12.4 Å². The summed E-state index contributed by atoms with van der Waals surface area (Å²) < 4.78 is 0. The SMILES string of the molecule is N#[N+]Cc1ccccc1.[Cl-]. The second kappa shape index (κ2) is 4.78. The van der Waals surface area contributed by atoms with Crippen molar-refractivity contribution in [1.82, 2.24) is 0 Å². The topological polar surface area (TPSA) is 28.1 Å². The summed E-state index contributed by atoms with van der Waals surface area (Å²) in [7, 11) is 0. The van der Waals surface area contributed by atoms with Gasteiger partial charge in [-0.1, -0.05) is 30.3 Å². The average molecular weight is 155 g/mol. The first kappa shape index (κ1) is 8.93. The maximum absolute atomic E-state index is 8.14. The zero-order valence-corrected chi connectivity index (χ0v) is 6.12. The fraction of sp³-hybridized carbons (Fsp3) is 0.143. The Hall–Kier alpha value is -1.07. The minimum atomic E-state index is 0. The summed E-state index contributed by atoms with van der Waals surface area (Å²) >= 11 is 0. The Morgan fingerprint density at radius 3 is 2.30 bits per heavy atom. The highest BCUT2D eigenvalue weighted by atomic mass is 35.5.